The quantitative estimate of drug-likeness (QED) is 0.280. The fourth-order valence-corrected chi connectivity index (χ4v) is 2.97. The first-order valence-electron chi connectivity index (χ1n) is 8.81. The highest BCUT2D eigenvalue weighted by Gasteiger charge is 2.35. The maximum Gasteiger partial charge on any atom is 0.420 e. The van der Waals surface area contributed by atoms with Gasteiger partial charge in [0.2, 0.25) is 0 Å². The molecule has 9 heteroatoms. The lowest BCUT2D eigenvalue weighted by Gasteiger charge is -2.12. The van der Waals surface area contributed by atoms with Gasteiger partial charge in [0, 0.05) is 24.2 Å². The van der Waals surface area contributed by atoms with E-state index in [9.17, 15) is 26.3 Å². The normalized spacial score (nSPS) is 11.9. The van der Waals surface area contributed by atoms with Gasteiger partial charge in [-0.15, -0.1) is 0 Å². The number of benzene rings is 1. The van der Waals surface area contributed by atoms with Crippen molar-refractivity contribution in [3.63, 3.8) is 0 Å². The van der Waals surface area contributed by atoms with Crippen molar-refractivity contribution in [3.05, 3.63) is 89.6 Å². The molecule has 0 radical (unpaired) electrons. The molecule has 31 heavy (non-hydrogen) atoms. The van der Waals surface area contributed by atoms with Crippen molar-refractivity contribution < 1.29 is 26.3 Å². The van der Waals surface area contributed by atoms with Crippen LogP contribution in [-0.2, 0) is 12.4 Å². The summed E-state index contributed by atoms with van der Waals surface area (Å²) < 4.78 is 80.5. The maximum atomic E-state index is 13.6. The molecule has 0 aliphatic heterocycles. The average Bonchev–Trinajstić information content (AvgIpc) is 3.14. The van der Waals surface area contributed by atoms with Crippen molar-refractivity contribution in [2.24, 2.45) is 0 Å². The lowest BCUT2D eigenvalue weighted by Crippen LogP contribution is -2.09. The number of pyridine rings is 2. The molecular formula is C22H11F6N3. The largest absolute Gasteiger partial charge is 0.420 e. The van der Waals surface area contributed by atoms with E-state index >= 15 is 0 Å². The van der Waals surface area contributed by atoms with Gasteiger partial charge >= 0.3 is 12.4 Å². The number of hydrogen-bond acceptors (Lipinski definition) is 2. The number of imidazole rings is 1. The Morgan fingerprint density at radius 2 is 1.55 bits per heavy atom. The second kappa shape index (κ2) is 7.47. The van der Waals surface area contributed by atoms with E-state index in [0.717, 1.165) is 30.3 Å². The molecule has 3 heterocycles. The van der Waals surface area contributed by atoms with Crippen LogP contribution in [0.15, 0.2) is 67.3 Å². The zero-order valence-electron chi connectivity index (χ0n) is 15.5. The smallest absolute Gasteiger partial charge is 0.292 e. The molecule has 3 aromatic heterocycles. The van der Waals surface area contributed by atoms with E-state index in [1.165, 1.54) is 23.0 Å². The molecule has 0 N–H and O–H groups in total. The standard InChI is InChI=1S/C22H11F6N3/c23-21(24,25)17-6-4-15(5-7-17)16-10-19(22(26,27)28)20-30-12-18(31(20)13-16)8-3-14-2-1-9-29-11-14/h1-2,4-7,9-13H. The van der Waals surface area contributed by atoms with E-state index < -0.39 is 23.5 Å². The van der Waals surface area contributed by atoms with Crippen LogP contribution in [0.5, 0.6) is 0 Å². The summed E-state index contributed by atoms with van der Waals surface area (Å²) in [4.78, 5) is 7.77. The van der Waals surface area contributed by atoms with Crippen LogP contribution in [0, 0.1) is 11.8 Å². The molecule has 0 atom stereocenters. The molecule has 0 saturated carbocycles. The van der Waals surface area contributed by atoms with Crippen molar-refractivity contribution in [3.8, 4) is 23.0 Å². The Morgan fingerprint density at radius 3 is 2.16 bits per heavy atom. The summed E-state index contributed by atoms with van der Waals surface area (Å²) in [5.41, 5.74) is -1.22. The van der Waals surface area contributed by atoms with Gasteiger partial charge < -0.3 is 0 Å². The van der Waals surface area contributed by atoms with Crippen LogP contribution < -0.4 is 0 Å². The van der Waals surface area contributed by atoms with Gasteiger partial charge in [0.25, 0.3) is 0 Å². The Balaban J connectivity index is 1.86. The van der Waals surface area contributed by atoms with E-state index in [4.69, 9.17) is 0 Å². The van der Waals surface area contributed by atoms with E-state index in [-0.39, 0.29) is 22.5 Å². The summed E-state index contributed by atoms with van der Waals surface area (Å²) >= 11 is 0. The first-order valence-corrected chi connectivity index (χ1v) is 8.81. The molecule has 0 aliphatic carbocycles. The van der Waals surface area contributed by atoms with E-state index in [1.54, 1.807) is 18.3 Å². The van der Waals surface area contributed by atoms with Gasteiger partial charge in [-0.25, -0.2) is 4.98 Å². The number of rotatable bonds is 1. The Labute approximate surface area is 172 Å². The highest BCUT2D eigenvalue weighted by Crippen LogP contribution is 2.36. The predicted molar refractivity (Wildman–Crippen MR) is 101 cm³/mol. The van der Waals surface area contributed by atoms with Gasteiger partial charge in [-0.05, 0) is 47.4 Å². The highest BCUT2D eigenvalue weighted by atomic mass is 19.4. The minimum atomic E-state index is -4.72. The summed E-state index contributed by atoms with van der Waals surface area (Å²) in [6.45, 7) is 0. The Morgan fingerprint density at radius 1 is 0.806 bits per heavy atom. The minimum Gasteiger partial charge on any atom is -0.292 e. The lowest BCUT2D eigenvalue weighted by molar-refractivity contribution is -0.138. The van der Waals surface area contributed by atoms with Gasteiger partial charge in [-0.3, -0.25) is 9.38 Å². The molecule has 0 saturated heterocycles. The Bertz CT molecular complexity index is 1290. The second-order valence-corrected chi connectivity index (χ2v) is 6.54. The fraction of sp³-hybridized carbons (Fsp3) is 0.0909. The van der Waals surface area contributed by atoms with Gasteiger partial charge in [-0.1, -0.05) is 18.1 Å². The fourth-order valence-electron chi connectivity index (χ4n) is 2.97. The zero-order chi connectivity index (χ0) is 22.2. The minimum absolute atomic E-state index is 0.0796. The number of fused-ring (bicyclic) bond motifs is 1. The van der Waals surface area contributed by atoms with Crippen molar-refractivity contribution in [1.82, 2.24) is 14.4 Å². The Kier molecular flexibility index (Phi) is 4.93. The van der Waals surface area contributed by atoms with Crippen LogP contribution in [0.4, 0.5) is 26.3 Å². The number of nitrogens with zero attached hydrogens (tertiary/aromatic N) is 3. The SMILES string of the molecule is FC(F)(F)c1ccc(-c2cc(C(F)(F)F)c3ncc(C#Cc4cccnc4)n3c2)cc1. The summed E-state index contributed by atoms with van der Waals surface area (Å²) in [5.74, 6) is 5.57. The second-order valence-electron chi connectivity index (χ2n) is 6.54. The topological polar surface area (TPSA) is 30.2 Å². The number of hydrogen-bond donors (Lipinski definition) is 0. The molecule has 3 nitrogen and oxygen atoms in total. The lowest BCUT2D eigenvalue weighted by atomic mass is 10.0. The first-order chi connectivity index (χ1) is 14.6. The summed E-state index contributed by atoms with van der Waals surface area (Å²) in [6.07, 6.45) is -3.62. The van der Waals surface area contributed by atoms with E-state index in [2.05, 4.69) is 21.8 Å². The van der Waals surface area contributed by atoms with Crippen LogP contribution in [0.2, 0.25) is 0 Å². The van der Waals surface area contributed by atoms with Crippen molar-refractivity contribution in [1.29, 1.82) is 0 Å². The van der Waals surface area contributed by atoms with Crippen LogP contribution >= 0.6 is 0 Å². The Hall–Kier alpha value is -3.80. The number of alkyl halides is 6. The third-order valence-corrected chi connectivity index (χ3v) is 4.45. The summed E-state index contributed by atoms with van der Waals surface area (Å²) in [7, 11) is 0. The maximum absolute atomic E-state index is 13.6. The van der Waals surface area contributed by atoms with Gasteiger partial charge in [0.05, 0.1) is 17.3 Å². The van der Waals surface area contributed by atoms with Crippen LogP contribution in [-0.4, -0.2) is 14.4 Å². The molecule has 4 rings (SSSR count). The van der Waals surface area contributed by atoms with Crippen LogP contribution in [0.3, 0.4) is 0 Å². The summed E-state index contributed by atoms with van der Waals surface area (Å²) in [5, 5.41) is 0. The van der Waals surface area contributed by atoms with Gasteiger partial charge in [0.15, 0.2) is 0 Å². The van der Waals surface area contributed by atoms with Crippen LogP contribution in [0.25, 0.3) is 16.8 Å². The third kappa shape index (κ3) is 4.23. The van der Waals surface area contributed by atoms with Crippen molar-refractivity contribution >= 4 is 5.65 Å². The van der Waals surface area contributed by atoms with Gasteiger partial charge in [-0.2, -0.15) is 26.3 Å². The molecule has 1 aromatic carbocycles. The van der Waals surface area contributed by atoms with Crippen molar-refractivity contribution in [2.75, 3.05) is 0 Å². The van der Waals surface area contributed by atoms with Crippen LogP contribution in [0.1, 0.15) is 22.4 Å². The third-order valence-electron chi connectivity index (χ3n) is 4.45. The first kappa shape index (κ1) is 20.5. The molecule has 4 aromatic rings. The number of halogens is 6. The molecule has 0 aliphatic rings. The monoisotopic (exact) mass is 431 g/mol. The highest BCUT2D eigenvalue weighted by molar-refractivity contribution is 5.69. The molecule has 0 fully saturated rings. The number of aromatic nitrogens is 3. The predicted octanol–water partition coefficient (Wildman–Crippen LogP) is 5.83. The molecule has 0 unspecified atom stereocenters. The van der Waals surface area contributed by atoms with Gasteiger partial charge in [0.1, 0.15) is 11.3 Å². The zero-order valence-corrected chi connectivity index (χ0v) is 15.5. The van der Waals surface area contributed by atoms with E-state index in [1.807, 2.05) is 0 Å². The van der Waals surface area contributed by atoms with Crippen molar-refractivity contribution in [2.45, 2.75) is 12.4 Å². The van der Waals surface area contributed by atoms with E-state index in [0.29, 0.717) is 5.56 Å². The molecule has 0 spiro atoms. The molecular weight excluding hydrogens is 420 g/mol. The molecule has 0 amide bonds. The molecule has 0 bridgehead atoms. The average molecular weight is 431 g/mol. The summed E-state index contributed by atoms with van der Waals surface area (Å²) in [6, 6.07) is 8.13. The molecule has 156 valence electrons.